The van der Waals surface area contributed by atoms with Crippen molar-refractivity contribution in [1.82, 2.24) is 4.90 Å². The molecular weight excluding hydrogens is 358 g/mol. The SMILES string of the molecule is O=C(O[C@@H]1[C@@H](OC(=O)c2ccccc2)CN2CC[C@@H](O)C[C@@H]12)c1ccccc1. The summed E-state index contributed by atoms with van der Waals surface area (Å²) in [5, 5.41) is 10.1. The molecule has 146 valence electrons. The largest absolute Gasteiger partial charge is 0.453 e. The Bertz CT molecular complexity index is 825. The van der Waals surface area contributed by atoms with Gasteiger partial charge in [0.05, 0.1) is 23.3 Å². The Balaban J connectivity index is 1.53. The standard InChI is InChI=1S/C22H23NO5/c24-17-11-12-23-14-19(27-21(25)15-7-3-1-4-8-15)20(18(23)13-17)28-22(26)16-9-5-2-6-10-16/h1-10,17-20,24H,11-14H2/t17-,18+,19+,20+/m1/s1. The topological polar surface area (TPSA) is 76.1 Å². The number of fused-ring (bicyclic) bond motifs is 1. The van der Waals surface area contributed by atoms with Crippen LogP contribution in [0.2, 0.25) is 0 Å². The van der Waals surface area contributed by atoms with Crippen molar-refractivity contribution in [2.75, 3.05) is 13.1 Å². The van der Waals surface area contributed by atoms with E-state index in [1.54, 1.807) is 48.5 Å². The van der Waals surface area contributed by atoms with Crippen LogP contribution in [0.15, 0.2) is 60.7 Å². The molecule has 6 nitrogen and oxygen atoms in total. The third kappa shape index (κ3) is 3.93. The van der Waals surface area contributed by atoms with Crippen molar-refractivity contribution in [3.63, 3.8) is 0 Å². The van der Waals surface area contributed by atoms with Crippen LogP contribution in [0, 0.1) is 0 Å². The lowest BCUT2D eigenvalue weighted by Gasteiger charge is -2.34. The third-order valence-corrected chi connectivity index (χ3v) is 5.41. The average molecular weight is 381 g/mol. The highest BCUT2D eigenvalue weighted by atomic mass is 16.6. The number of hydrogen-bond acceptors (Lipinski definition) is 6. The highest BCUT2D eigenvalue weighted by Gasteiger charge is 2.48. The first kappa shape index (κ1) is 18.7. The van der Waals surface area contributed by atoms with E-state index in [4.69, 9.17) is 9.47 Å². The molecule has 0 unspecified atom stereocenters. The number of carbonyl (C=O) groups excluding carboxylic acids is 2. The molecule has 1 N–H and O–H groups in total. The van der Waals surface area contributed by atoms with E-state index in [0.29, 0.717) is 37.1 Å². The number of esters is 2. The molecule has 0 amide bonds. The first-order valence-corrected chi connectivity index (χ1v) is 9.56. The van der Waals surface area contributed by atoms with Crippen molar-refractivity contribution in [1.29, 1.82) is 0 Å². The molecule has 2 aromatic carbocycles. The predicted octanol–water partition coefficient (Wildman–Crippen LogP) is 2.28. The maximum atomic E-state index is 12.6. The van der Waals surface area contributed by atoms with E-state index in [1.807, 2.05) is 12.1 Å². The van der Waals surface area contributed by atoms with E-state index >= 15 is 0 Å². The number of aliphatic hydroxyl groups excluding tert-OH is 1. The minimum Gasteiger partial charge on any atom is -0.453 e. The number of ether oxygens (including phenoxy) is 2. The molecule has 0 aliphatic carbocycles. The number of nitrogens with zero attached hydrogens (tertiary/aromatic N) is 1. The van der Waals surface area contributed by atoms with Gasteiger partial charge in [-0.1, -0.05) is 36.4 Å². The molecule has 2 fully saturated rings. The molecule has 0 bridgehead atoms. The molecule has 2 aliphatic heterocycles. The minimum absolute atomic E-state index is 0.162. The van der Waals surface area contributed by atoms with Crippen molar-refractivity contribution in [2.24, 2.45) is 0 Å². The molecule has 2 heterocycles. The van der Waals surface area contributed by atoms with E-state index in [9.17, 15) is 14.7 Å². The highest BCUT2D eigenvalue weighted by Crippen LogP contribution is 2.32. The van der Waals surface area contributed by atoms with Gasteiger partial charge in [-0.05, 0) is 37.1 Å². The summed E-state index contributed by atoms with van der Waals surface area (Å²) in [7, 11) is 0. The molecule has 0 spiro atoms. The van der Waals surface area contributed by atoms with E-state index < -0.39 is 30.3 Å². The lowest BCUT2D eigenvalue weighted by atomic mass is 9.97. The second-order valence-corrected chi connectivity index (χ2v) is 7.29. The Morgan fingerprint density at radius 3 is 2.07 bits per heavy atom. The first-order valence-electron chi connectivity index (χ1n) is 9.56. The summed E-state index contributed by atoms with van der Waals surface area (Å²) in [4.78, 5) is 27.3. The van der Waals surface area contributed by atoms with Crippen LogP contribution in [0.3, 0.4) is 0 Å². The summed E-state index contributed by atoms with van der Waals surface area (Å²) in [6, 6.07) is 17.4. The van der Waals surface area contributed by atoms with Gasteiger partial charge in [-0.25, -0.2) is 9.59 Å². The second kappa shape index (κ2) is 8.12. The van der Waals surface area contributed by atoms with Crippen molar-refractivity contribution < 1.29 is 24.2 Å². The summed E-state index contributed by atoms with van der Waals surface area (Å²) < 4.78 is 11.5. The Labute approximate surface area is 163 Å². The zero-order chi connectivity index (χ0) is 19.5. The quantitative estimate of drug-likeness (QED) is 0.819. The number of aliphatic hydroxyl groups is 1. The Kier molecular flexibility index (Phi) is 5.41. The van der Waals surface area contributed by atoms with Crippen LogP contribution >= 0.6 is 0 Å². The molecule has 2 aromatic rings. The summed E-state index contributed by atoms with van der Waals surface area (Å²) in [5.41, 5.74) is 0.908. The van der Waals surface area contributed by atoms with E-state index in [1.165, 1.54) is 0 Å². The molecule has 0 radical (unpaired) electrons. The van der Waals surface area contributed by atoms with Crippen molar-refractivity contribution in [2.45, 2.75) is 37.2 Å². The number of hydrogen-bond donors (Lipinski definition) is 1. The smallest absolute Gasteiger partial charge is 0.338 e. The number of carbonyl (C=O) groups is 2. The predicted molar refractivity (Wildman–Crippen MR) is 102 cm³/mol. The molecule has 0 saturated carbocycles. The Morgan fingerprint density at radius 2 is 1.46 bits per heavy atom. The minimum atomic E-state index is -0.615. The van der Waals surface area contributed by atoms with Gasteiger partial charge < -0.3 is 14.6 Å². The third-order valence-electron chi connectivity index (χ3n) is 5.41. The number of rotatable bonds is 4. The zero-order valence-corrected chi connectivity index (χ0v) is 15.4. The van der Waals surface area contributed by atoms with Crippen LogP contribution in [0.1, 0.15) is 33.6 Å². The lowest BCUT2D eigenvalue weighted by molar-refractivity contribution is -0.0350. The van der Waals surface area contributed by atoms with Gasteiger partial charge in [0.2, 0.25) is 0 Å². The molecule has 2 saturated heterocycles. The summed E-state index contributed by atoms with van der Waals surface area (Å²) in [6.07, 6.45) is -0.477. The van der Waals surface area contributed by atoms with Gasteiger partial charge in [-0.3, -0.25) is 4.90 Å². The van der Waals surface area contributed by atoms with E-state index in [-0.39, 0.29) is 6.04 Å². The van der Waals surface area contributed by atoms with Crippen molar-refractivity contribution >= 4 is 11.9 Å². The lowest BCUT2D eigenvalue weighted by Crippen LogP contribution is -2.46. The maximum Gasteiger partial charge on any atom is 0.338 e. The van der Waals surface area contributed by atoms with Gasteiger partial charge in [-0.2, -0.15) is 0 Å². The van der Waals surface area contributed by atoms with Gasteiger partial charge in [0.15, 0.2) is 12.2 Å². The van der Waals surface area contributed by atoms with Gasteiger partial charge in [0.25, 0.3) is 0 Å². The van der Waals surface area contributed by atoms with Gasteiger partial charge in [0.1, 0.15) is 0 Å². The van der Waals surface area contributed by atoms with Gasteiger partial charge >= 0.3 is 11.9 Å². The average Bonchev–Trinajstić information content (AvgIpc) is 3.05. The van der Waals surface area contributed by atoms with Crippen LogP contribution in [0.25, 0.3) is 0 Å². The van der Waals surface area contributed by atoms with Crippen molar-refractivity contribution in [3.05, 3.63) is 71.8 Å². The first-order chi connectivity index (χ1) is 13.6. The molecule has 6 heteroatoms. The molecule has 2 aliphatic rings. The fourth-order valence-electron chi connectivity index (χ4n) is 3.98. The fourth-order valence-corrected chi connectivity index (χ4v) is 3.98. The van der Waals surface area contributed by atoms with Crippen LogP contribution < -0.4 is 0 Å². The zero-order valence-electron chi connectivity index (χ0n) is 15.4. The number of benzene rings is 2. The highest BCUT2D eigenvalue weighted by molar-refractivity contribution is 5.90. The number of piperidine rings is 1. The molecule has 28 heavy (non-hydrogen) atoms. The summed E-state index contributed by atoms with van der Waals surface area (Å²) in [6.45, 7) is 1.17. The van der Waals surface area contributed by atoms with E-state index in [0.717, 1.165) is 0 Å². The Hall–Kier alpha value is -2.70. The fraction of sp³-hybridized carbons (Fsp3) is 0.364. The molecule has 4 atom stereocenters. The van der Waals surface area contributed by atoms with Crippen molar-refractivity contribution in [3.8, 4) is 0 Å². The maximum absolute atomic E-state index is 12.6. The van der Waals surface area contributed by atoms with Gasteiger partial charge in [-0.15, -0.1) is 0 Å². The summed E-state index contributed by atoms with van der Waals surface area (Å²) >= 11 is 0. The summed E-state index contributed by atoms with van der Waals surface area (Å²) in [5.74, 6) is -0.889. The molecular formula is C22H23NO5. The monoisotopic (exact) mass is 381 g/mol. The second-order valence-electron chi connectivity index (χ2n) is 7.29. The van der Waals surface area contributed by atoms with Crippen LogP contribution in [0.5, 0.6) is 0 Å². The van der Waals surface area contributed by atoms with E-state index in [2.05, 4.69) is 4.90 Å². The molecule has 0 aromatic heterocycles. The normalized spacial score (nSPS) is 27.0. The molecule has 4 rings (SSSR count). The van der Waals surface area contributed by atoms with Gasteiger partial charge in [0, 0.05) is 13.1 Å². The van der Waals surface area contributed by atoms with Crippen LogP contribution in [-0.4, -0.2) is 59.4 Å². The van der Waals surface area contributed by atoms with Crippen LogP contribution in [-0.2, 0) is 9.47 Å². The Morgan fingerprint density at radius 1 is 0.893 bits per heavy atom. The van der Waals surface area contributed by atoms with Crippen LogP contribution in [0.4, 0.5) is 0 Å².